The van der Waals surface area contributed by atoms with E-state index in [9.17, 15) is 0 Å². The predicted molar refractivity (Wildman–Crippen MR) is 32.5 cm³/mol. The summed E-state index contributed by atoms with van der Waals surface area (Å²) < 4.78 is 0. The lowest BCUT2D eigenvalue weighted by atomic mass is 10.4. The normalized spacial score (nSPS) is 9.25. The van der Waals surface area contributed by atoms with Crippen LogP contribution >= 0.6 is 0 Å². The van der Waals surface area contributed by atoms with Crippen molar-refractivity contribution in [2.45, 2.75) is 13.3 Å². The molecule has 46 valence electrons. The van der Waals surface area contributed by atoms with E-state index >= 15 is 0 Å². The number of hydrogen-bond acceptors (Lipinski definition) is 2. The van der Waals surface area contributed by atoms with Gasteiger partial charge in [-0.05, 0) is 0 Å². The third kappa shape index (κ3) is 3.66. The second kappa shape index (κ2) is 4.63. The lowest BCUT2D eigenvalue weighted by molar-refractivity contribution is -0.0840. The highest BCUT2D eigenvalue weighted by molar-refractivity contribution is 4.83. The van der Waals surface area contributed by atoms with E-state index in [0.717, 1.165) is 0 Å². The third-order valence-corrected chi connectivity index (χ3v) is 0.879. The maximum Gasteiger partial charge on any atom is 0.0347 e. The maximum atomic E-state index is 8.73. The van der Waals surface area contributed by atoms with Crippen molar-refractivity contribution in [3.05, 3.63) is 0 Å². The molecule has 0 heterocycles. The van der Waals surface area contributed by atoms with Gasteiger partial charge in [0.1, 0.15) is 0 Å². The topological polar surface area (TPSA) is 23.5 Å². The molecule has 0 amide bonds. The van der Waals surface area contributed by atoms with Crippen LogP contribution < -0.4 is 0 Å². The molecule has 0 aromatic rings. The van der Waals surface area contributed by atoms with E-state index in [1.165, 1.54) is 5.06 Å². The Morgan fingerprint density at radius 3 is 2.75 bits per heavy atom. The number of rotatable bonds is 3. The van der Waals surface area contributed by atoms with E-state index in [-0.39, 0.29) is 0 Å². The number of terminal acetylenes is 1. The molecule has 0 fully saturated rings. The number of hydroxylamine groups is 2. The van der Waals surface area contributed by atoms with Gasteiger partial charge in [-0.1, -0.05) is 6.92 Å². The quantitative estimate of drug-likeness (QED) is 0.430. The highest BCUT2D eigenvalue weighted by atomic mass is 16.5. The summed E-state index contributed by atoms with van der Waals surface area (Å²) in [5.74, 6) is 2.43. The van der Waals surface area contributed by atoms with Gasteiger partial charge in [0.2, 0.25) is 0 Å². The van der Waals surface area contributed by atoms with Gasteiger partial charge in [0.15, 0.2) is 0 Å². The summed E-state index contributed by atoms with van der Waals surface area (Å²) in [6.45, 7) is 3.09. The van der Waals surface area contributed by atoms with Gasteiger partial charge < -0.3 is 5.21 Å². The third-order valence-electron chi connectivity index (χ3n) is 0.879. The van der Waals surface area contributed by atoms with Crippen LogP contribution in [0.2, 0.25) is 0 Å². The van der Waals surface area contributed by atoms with Crippen molar-refractivity contribution in [2.24, 2.45) is 0 Å². The van der Waals surface area contributed by atoms with Crippen LogP contribution in [0, 0.1) is 12.3 Å². The zero-order chi connectivity index (χ0) is 6.41. The Labute approximate surface area is 50.1 Å². The van der Waals surface area contributed by atoms with Crippen LogP contribution in [-0.2, 0) is 0 Å². The SMILES string of the molecule is C#CCCN(O)CC. The molecular formula is C6H11NO. The minimum atomic E-state index is 0.576. The van der Waals surface area contributed by atoms with Gasteiger partial charge in [0, 0.05) is 19.5 Å². The summed E-state index contributed by atoms with van der Waals surface area (Å²) in [5, 5.41) is 9.92. The van der Waals surface area contributed by atoms with Gasteiger partial charge >= 0.3 is 0 Å². The van der Waals surface area contributed by atoms with Crippen LogP contribution in [-0.4, -0.2) is 23.4 Å². The molecule has 0 spiro atoms. The summed E-state index contributed by atoms with van der Waals surface area (Å²) >= 11 is 0. The van der Waals surface area contributed by atoms with Gasteiger partial charge in [-0.25, -0.2) is 0 Å². The number of hydrogen-bond donors (Lipinski definition) is 1. The van der Waals surface area contributed by atoms with E-state index in [2.05, 4.69) is 5.92 Å². The van der Waals surface area contributed by atoms with E-state index in [0.29, 0.717) is 19.5 Å². The molecule has 0 unspecified atom stereocenters. The molecule has 0 rings (SSSR count). The average Bonchev–Trinajstić information content (AvgIpc) is 1.83. The van der Waals surface area contributed by atoms with Crippen molar-refractivity contribution < 1.29 is 5.21 Å². The molecular weight excluding hydrogens is 102 g/mol. The molecule has 0 aromatic carbocycles. The fraction of sp³-hybridized carbons (Fsp3) is 0.667. The Hall–Kier alpha value is -0.520. The van der Waals surface area contributed by atoms with Crippen molar-refractivity contribution in [3.63, 3.8) is 0 Å². The Morgan fingerprint density at radius 2 is 2.38 bits per heavy atom. The van der Waals surface area contributed by atoms with E-state index in [4.69, 9.17) is 11.6 Å². The summed E-state index contributed by atoms with van der Waals surface area (Å²) in [5.41, 5.74) is 0. The molecule has 1 N–H and O–H groups in total. The van der Waals surface area contributed by atoms with Crippen LogP contribution in [0.15, 0.2) is 0 Å². The highest BCUT2D eigenvalue weighted by Crippen LogP contribution is 1.81. The summed E-state index contributed by atoms with van der Waals surface area (Å²) in [7, 11) is 0. The molecule has 2 nitrogen and oxygen atoms in total. The maximum absolute atomic E-state index is 8.73. The molecule has 0 aliphatic carbocycles. The summed E-state index contributed by atoms with van der Waals surface area (Å²) in [6, 6.07) is 0. The van der Waals surface area contributed by atoms with Crippen LogP contribution in [0.3, 0.4) is 0 Å². The first-order valence-corrected chi connectivity index (χ1v) is 2.68. The fourth-order valence-electron chi connectivity index (χ4n) is 0.352. The molecule has 2 heteroatoms. The van der Waals surface area contributed by atoms with E-state index in [1.807, 2.05) is 6.92 Å². The smallest absolute Gasteiger partial charge is 0.0347 e. The molecule has 0 atom stereocenters. The standard InChI is InChI=1S/C6H11NO/c1-3-5-6-7(8)4-2/h1,8H,4-6H2,2H3. The zero-order valence-electron chi connectivity index (χ0n) is 5.09. The average molecular weight is 113 g/mol. The van der Waals surface area contributed by atoms with Gasteiger partial charge in [0.25, 0.3) is 0 Å². The molecule has 8 heavy (non-hydrogen) atoms. The molecule has 0 aliphatic rings. The highest BCUT2D eigenvalue weighted by Gasteiger charge is 1.90. The van der Waals surface area contributed by atoms with Crippen molar-refractivity contribution in [1.29, 1.82) is 0 Å². The van der Waals surface area contributed by atoms with Crippen LogP contribution in [0.25, 0.3) is 0 Å². The van der Waals surface area contributed by atoms with Crippen LogP contribution in [0.1, 0.15) is 13.3 Å². The van der Waals surface area contributed by atoms with E-state index < -0.39 is 0 Å². The Balaban J connectivity index is 3.01. The first kappa shape index (κ1) is 7.48. The Morgan fingerprint density at radius 1 is 1.75 bits per heavy atom. The monoisotopic (exact) mass is 113 g/mol. The van der Waals surface area contributed by atoms with Crippen molar-refractivity contribution in [2.75, 3.05) is 13.1 Å². The molecule has 0 saturated heterocycles. The first-order valence-electron chi connectivity index (χ1n) is 2.68. The second-order valence-corrected chi connectivity index (χ2v) is 1.50. The number of nitrogens with zero attached hydrogens (tertiary/aromatic N) is 1. The molecule has 0 radical (unpaired) electrons. The largest absolute Gasteiger partial charge is 0.314 e. The van der Waals surface area contributed by atoms with Gasteiger partial charge in [-0.2, -0.15) is 5.06 Å². The first-order chi connectivity index (χ1) is 3.81. The van der Waals surface area contributed by atoms with E-state index in [1.54, 1.807) is 0 Å². The predicted octanol–water partition coefficient (Wildman–Crippen LogP) is 0.721. The van der Waals surface area contributed by atoms with Crippen molar-refractivity contribution in [1.82, 2.24) is 5.06 Å². The summed E-state index contributed by atoms with van der Waals surface area (Å²) in [4.78, 5) is 0. The fourth-order valence-corrected chi connectivity index (χ4v) is 0.352. The van der Waals surface area contributed by atoms with Gasteiger partial charge in [0.05, 0.1) is 0 Å². The minimum Gasteiger partial charge on any atom is -0.314 e. The summed E-state index contributed by atoms with van der Waals surface area (Å²) in [6.07, 6.45) is 5.56. The van der Waals surface area contributed by atoms with Gasteiger partial charge in [-0.3, -0.25) is 0 Å². The molecule has 0 bridgehead atoms. The lowest BCUT2D eigenvalue weighted by Crippen LogP contribution is -2.18. The molecule has 0 aliphatic heterocycles. The zero-order valence-corrected chi connectivity index (χ0v) is 5.09. The Kier molecular flexibility index (Phi) is 4.33. The Bertz CT molecular complexity index is 85.0. The minimum absolute atomic E-state index is 0.576. The van der Waals surface area contributed by atoms with Gasteiger partial charge in [-0.15, -0.1) is 12.3 Å². The molecule has 0 saturated carbocycles. The molecule has 0 aromatic heterocycles. The van der Waals surface area contributed by atoms with Crippen LogP contribution in [0.5, 0.6) is 0 Å². The van der Waals surface area contributed by atoms with Crippen molar-refractivity contribution >= 4 is 0 Å². The van der Waals surface area contributed by atoms with Crippen LogP contribution in [0.4, 0.5) is 0 Å². The second-order valence-electron chi connectivity index (χ2n) is 1.50. The lowest BCUT2D eigenvalue weighted by Gasteiger charge is -2.07. The van der Waals surface area contributed by atoms with Crippen molar-refractivity contribution in [3.8, 4) is 12.3 Å².